The number of carboxylic acids is 1. The molecule has 0 aliphatic carbocycles. The molecule has 64 valence electrons. The number of hydrogen-bond acceptors (Lipinski definition) is 2. The zero-order valence-electron chi connectivity index (χ0n) is 6.41. The molecule has 0 unspecified atom stereocenters. The number of carboxylic acid groups (broad SMARTS) is 1. The van der Waals surface area contributed by atoms with E-state index in [1.807, 2.05) is 7.05 Å². The van der Waals surface area contributed by atoms with Crippen molar-refractivity contribution in [1.82, 2.24) is 4.90 Å². The smallest absolute Gasteiger partial charge is 0.328 e. The van der Waals surface area contributed by atoms with E-state index < -0.39 is 5.97 Å². The Morgan fingerprint density at radius 2 is 2.36 bits per heavy atom. The van der Waals surface area contributed by atoms with Gasteiger partial charge < -0.3 is 10.0 Å². The molecule has 1 aliphatic rings. The number of aliphatic carboxylic acids is 1. The van der Waals surface area contributed by atoms with E-state index in [4.69, 9.17) is 5.11 Å². The number of likely N-dealkylation sites (N-methyl/N-ethyl adjacent to an activating group) is 1. The minimum absolute atomic E-state index is 0. The molecular formula is C7H12ClNO2. The molecule has 1 saturated heterocycles. The summed E-state index contributed by atoms with van der Waals surface area (Å²) >= 11 is 0. The van der Waals surface area contributed by atoms with Crippen molar-refractivity contribution in [3.63, 3.8) is 0 Å². The van der Waals surface area contributed by atoms with Crippen LogP contribution in [0, 0.1) is 0 Å². The van der Waals surface area contributed by atoms with Crippen molar-refractivity contribution >= 4 is 18.4 Å². The highest BCUT2D eigenvalue weighted by Crippen LogP contribution is 2.11. The van der Waals surface area contributed by atoms with E-state index in [2.05, 4.69) is 4.90 Å². The van der Waals surface area contributed by atoms with Gasteiger partial charge in [-0.05, 0) is 19.0 Å². The van der Waals surface area contributed by atoms with Crippen LogP contribution in [0.3, 0.4) is 0 Å². The first-order valence-corrected chi connectivity index (χ1v) is 3.29. The van der Waals surface area contributed by atoms with Crippen molar-refractivity contribution in [2.75, 3.05) is 20.1 Å². The number of halogens is 1. The molecule has 1 fully saturated rings. The van der Waals surface area contributed by atoms with E-state index in [0.29, 0.717) is 0 Å². The molecule has 4 heteroatoms. The Balaban J connectivity index is 0.000001000. The van der Waals surface area contributed by atoms with E-state index in [9.17, 15) is 4.79 Å². The standard InChI is InChI=1S/C7H11NO2.ClH/c1-8-3-2-6(5-8)4-7(9)10;/h4H,2-3,5H2,1H3,(H,9,10);1H. The molecule has 1 aliphatic heterocycles. The van der Waals surface area contributed by atoms with Gasteiger partial charge in [-0.2, -0.15) is 0 Å². The highest BCUT2D eigenvalue weighted by Gasteiger charge is 2.12. The summed E-state index contributed by atoms with van der Waals surface area (Å²) in [6.07, 6.45) is 2.21. The van der Waals surface area contributed by atoms with Crippen molar-refractivity contribution in [1.29, 1.82) is 0 Å². The topological polar surface area (TPSA) is 40.5 Å². The third kappa shape index (κ3) is 3.39. The van der Waals surface area contributed by atoms with Gasteiger partial charge in [-0.15, -0.1) is 12.4 Å². The SMILES string of the molecule is CN1CCC(=CC(=O)O)C1.Cl. The zero-order chi connectivity index (χ0) is 7.56. The summed E-state index contributed by atoms with van der Waals surface area (Å²) in [6.45, 7) is 1.80. The van der Waals surface area contributed by atoms with Gasteiger partial charge in [0.25, 0.3) is 0 Å². The summed E-state index contributed by atoms with van der Waals surface area (Å²) in [6, 6.07) is 0. The van der Waals surface area contributed by atoms with E-state index in [1.165, 1.54) is 6.08 Å². The lowest BCUT2D eigenvalue weighted by Crippen LogP contribution is -2.11. The summed E-state index contributed by atoms with van der Waals surface area (Å²) in [5, 5.41) is 8.37. The number of likely N-dealkylation sites (tertiary alicyclic amines) is 1. The maximum absolute atomic E-state index is 10.2. The Bertz CT molecular complexity index is 179. The zero-order valence-corrected chi connectivity index (χ0v) is 7.23. The first-order chi connectivity index (χ1) is 4.68. The van der Waals surface area contributed by atoms with Crippen molar-refractivity contribution in [3.05, 3.63) is 11.6 Å². The first kappa shape index (κ1) is 10.5. The molecule has 0 aromatic carbocycles. The predicted molar refractivity (Wildman–Crippen MR) is 45.1 cm³/mol. The summed E-state index contributed by atoms with van der Waals surface area (Å²) in [7, 11) is 1.99. The van der Waals surface area contributed by atoms with E-state index in [-0.39, 0.29) is 12.4 Å². The molecular weight excluding hydrogens is 166 g/mol. The quantitative estimate of drug-likeness (QED) is 0.602. The van der Waals surface area contributed by atoms with E-state index in [0.717, 1.165) is 25.1 Å². The molecule has 1 heterocycles. The molecule has 0 aromatic heterocycles. The fraction of sp³-hybridized carbons (Fsp3) is 0.571. The normalized spacial score (nSPS) is 21.7. The number of nitrogens with zero attached hydrogens (tertiary/aromatic N) is 1. The Kier molecular flexibility index (Phi) is 4.15. The highest BCUT2D eigenvalue weighted by atomic mass is 35.5. The average molecular weight is 178 g/mol. The van der Waals surface area contributed by atoms with Crippen LogP contribution in [0.4, 0.5) is 0 Å². The highest BCUT2D eigenvalue weighted by molar-refractivity contribution is 5.85. The number of carbonyl (C=O) groups is 1. The number of hydrogen-bond donors (Lipinski definition) is 1. The van der Waals surface area contributed by atoms with Crippen LogP contribution in [-0.2, 0) is 4.79 Å². The van der Waals surface area contributed by atoms with Crippen LogP contribution in [0.5, 0.6) is 0 Å². The molecule has 0 aromatic rings. The molecule has 0 atom stereocenters. The molecule has 1 N–H and O–H groups in total. The average Bonchev–Trinajstić information content (AvgIpc) is 2.13. The fourth-order valence-electron chi connectivity index (χ4n) is 1.13. The van der Waals surface area contributed by atoms with Gasteiger partial charge in [0.15, 0.2) is 0 Å². The monoisotopic (exact) mass is 177 g/mol. The van der Waals surface area contributed by atoms with Crippen molar-refractivity contribution in [2.45, 2.75) is 6.42 Å². The molecule has 3 nitrogen and oxygen atoms in total. The van der Waals surface area contributed by atoms with Gasteiger partial charge in [-0.25, -0.2) is 4.79 Å². The van der Waals surface area contributed by atoms with Crippen LogP contribution in [0.25, 0.3) is 0 Å². The molecule has 0 bridgehead atoms. The molecule has 0 saturated carbocycles. The van der Waals surface area contributed by atoms with Crippen molar-refractivity contribution in [2.24, 2.45) is 0 Å². The van der Waals surface area contributed by atoms with Gasteiger partial charge >= 0.3 is 5.97 Å². The van der Waals surface area contributed by atoms with Crippen molar-refractivity contribution in [3.8, 4) is 0 Å². The van der Waals surface area contributed by atoms with Crippen LogP contribution in [0.1, 0.15) is 6.42 Å². The van der Waals surface area contributed by atoms with Gasteiger partial charge in [-0.3, -0.25) is 0 Å². The van der Waals surface area contributed by atoms with Gasteiger partial charge in [0.1, 0.15) is 0 Å². The van der Waals surface area contributed by atoms with Gasteiger partial charge in [-0.1, -0.05) is 0 Å². The lowest BCUT2D eigenvalue weighted by Gasteiger charge is -2.01. The Morgan fingerprint density at radius 1 is 1.73 bits per heavy atom. The predicted octanol–water partition coefficient (Wildman–Crippen LogP) is 0.755. The molecule has 0 amide bonds. The lowest BCUT2D eigenvalue weighted by molar-refractivity contribution is -0.131. The number of rotatable bonds is 1. The summed E-state index contributed by atoms with van der Waals surface area (Å²) < 4.78 is 0. The molecule has 11 heavy (non-hydrogen) atoms. The van der Waals surface area contributed by atoms with Crippen LogP contribution in [0.15, 0.2) is 11.6 Å². The summed E-state index contributed by atoms with van der Waals surface area (Å²) in [5.41, 5.74) is 1.02. The fourth-order valence-corrected chi connectivity index (χ4v) is 1.13. The second-order valence-corrected chi connectivity index (χ2v) is 2.63. The Labute approximate surface area is 72.1 Å². The second kappa shape index (κ2) is 4.36. The third-order valence-corrected chi connectivity index (χ3v) is 1.62. The van der Waals surface area contributed by atoms with E-state index in [1.54, 1.807) is 0 Å². The van der Waals surface area contributed by atoms with Crippen molar-refractivity contribution < 1.29 is 9.90 Å². The lowest BCUT2D eigenvalue weighted by atomic mass is 10.2. The van der Waals surface area contributed by atoms with Crippen LogP contribution < -0.4 is 0 Å². The van der Waals surface area contributed by atoms with Crippen LogP contribution >= 0.6 is 12.4 Å². The van der Waals surface area contributed by atoms with Crippen LogP contribution in [-0.4, -0.2) is 36.1 Å². The summed E-state index contributed by atoms with van der Waals surface area (Å²) in [5.74, 6) is -0.828. The van der Waals surface area contributed by atoms with E-state index >= 15 is 0 Å². The molecule has 0 radical (unpaired) electrons. The third-order valence-electron chi connectivity index (χ3n) is 1.62. The van der Waals surface area contributed by atoms with Gasteiger partial charge in [0, 0.05) is 19.2 Å². The maximum Gasteiger partial charge on any atom is 0.328 e. The largest absolute Gasteiger partial charge is 0.478 e. The molecule has 1 rings (SSSR count). The minimum Gasteiger partial charge on any atom is -0.478 e. The Hall–Kier alpha value is -0.540. The summed E-state index contributed by atoms with van der Waals surface area (Å²) in [4.78, 5) is 12.3. The Morgan fingerprint density at radius 3 is 2.73 bits per heavy atom. The maximum atomic E-state index is 10.2. The first-order valence-electron chi connectivity index (χ1n) is 3.29. The minimum atomic E-state index is -0.828. The van der Waals surface area contributed by atoms with Gasteiger partial charge in [0.05, 0.1) is 0 Å². The van der Waals surface area contributed by atoms with Gasteiger partial charge in [0.2, 0.25) is 0 Å². The second-order valence-electron chi connectivity index (χ2n) is 2.63. The van der Waals surface area contributed by atoms with Crippen LogP contribution in [0.2, 0.25) is 0 Å². The molecule has 0 spiro atoms.